The molecule has 0 unspecified atom stereocenters. The Hall–Kier alpha value is -0.960. The number of aliphatic imine (C=N–C) groups is 1. The molecule has 0 saturated carbocycles. The van der Waals surface area contributed by atoms with Crippen molar-refractivity contribution in [1.29, 1.82) is 0 Å². The summed E-state index contributed by atoms with van der Waals surface area (Å²) >= 11 is 0. The van der Waals surface area contributed by atoms with E-state index in [4.69, 9.17) is 4.74 Å². The Kier molecular flexibility index (Phi) is 13.8. The van der Waals surface area contributed by atoms with Crippen molar-refractivity contribution in [1.82, 2.24) is 10.6 Å². The van der Waals surface area contributed by atoms with Crippen LogP contribution < -0.4 is 10.6 Å². The van der Waals surface area contributed by atoms with Gasteiger partial charge in [-0.15, -0.1) is 24.0 Å². The zero-order valence-electron chi connectivity index (χ0n) is 14.4. The van der Waals surface area contributed by atoms with Gasteiger partial charge in [0.25, 0.3) is 0 Å². The van der Waals surface area contributed by atoms with Gasteiger partial charge in [0, 0.05) is 32.8 Å². The number of nitrogens with one attached hydrogen (secondary N) is 2. The third-order valence-electron chi connectivity index (χ3n) is 3.21. The molecule has 1 rings (SSSR count). The number of unbranched alkanes of at least 4 members (excludes halogenated alkanes) is 1. The topological polar surface area (TPSA) is 45.7 Å². The zero-order valence-corrected chi connectivity index (χ0v) is 16.7. The molecule has 0 aliphatic rings. The van der Waals surface area contributed by atoms with Crippen LogP contribution in [0.2, 0.25) is 0 Å². The van der Waals surface area contributed by atoms with E-state index in [1.165, 1.54) is 6.07 Å². The molecule has 24 heavy (non-hydrogen) atoms. The predicted octanol–water partition coefficient (Wildman–Crippen LogP) is 3.50. The molecule has 0 aromatic heterocycles. The van der Waals surface area contributed by atoms with E-state index in [9.17, 15) is 8.78 Å². The fraction of sp³-hybridized carbons (Fsp3) is 0.588. The monoisotopic (exact) mass is 455 g/mol. The van der Waals surface area contributed by atoms with Gasteiger partial charge in [-0.25, -0.2) is 8.78 Å². The second-order valence-electron chi connectivity index (χ2n) is 5.08. The quantitative estimate of drug-likeness (QED) is 0.246. The van der Waals surface area contributed by atoms with Crippen molar-refractivity contribution < 1.29 is 13.5 Å². The van der Waals surface area contributed by atoms with E-state index in [1.54, 1.807) is 0 Å². The maximum Gasteiger partial charge on any atom is 0.191 e. The second-order valence-corrected chi connectivity index (χ2v) is 5.08. The molecule has 0 atom stereocenters. The van der Waals surface area contributed by atoms with Gasteiger partial charge in [0.2, 0.25) is 0 Å². The minimum atomic E-state index is -0.420. The largest absolute Gasteiger partial charge is 0.382 e. The van der Waals surface area contributed by atoms with Crippen LogP contribution in [-0.4, -0.2) is 38.8 Å². The molecular weight excluding hydrogens is 427 g/mol. The van der Waals surface area contributed by atoms with Crippen molar-refractivity contribution in [3.8, 4) is 0 Å². The molecule has 1 aromatic rings. The predicted molar refractivity (Wildman–Crippen MR) is 105 cm³/mol. The van der Waals surface area contributed by atoms with Crippen LogP contribution in [0.1, 0.15) is 32.3 Å². The Balaban J connectivity index is 0.00000529. The van der Waals surface area contributed by atoms with Crippen LogP contribution in [0.4, 0.5) is 8.78 Å². The first-order chi connectivity index (χ1) is 11.2. The highest BCUT2D eigenvalue weighted by atomic mass is 127. The molecule has 0 amide bonds. The van der Waals surface area contributed by atoms with Gasteiger partial charge in [-0.1, -0.05) is 0 Å². The minimum absolute atomic E-state index is 0. The molecule has 1 aromatic carbocycles. The number of rotatable bonds is 10. The van der Waals surface area contributed by atoms with E-state index >= 15 is 0 Å². The van der Waals surface area contributed by atoms with Crippen molar-refractivity contribution in [2.45, 2.75) is 33.1 Å². The van der Waals surface area contributed by atoms with Gasteiger partial charge in [0.05, 0.1) is 0 Å². The first-order valence-corrected chi connectivity index (χ1v) is 8.21. The maximum atomic E-state index is 13.5. The number of guanidine groups is 1. The summed E-state index contributed by atoms with van der Waals surface area (Å²) < 4.78 is 31.9. The number of nitrogens with zero attached hydrogens (tertiary/aromatic N) is 1. The Morgan fingerprint density at radius 1 is 1.17 bits per heavy atom. The Morgan fingerprint density at radius 2 is 1.96 bits per heavy atom. The van der Waals surface area contributed by atoms with Gasteiger partial charge < -0.3 is 15.4 Å². The number of benzene rings is 1. The van der Waals surface area contributed by atoms with Crippen molar-refractivity contribution >= 4 is 29.9 Å². The molecule has 2 N–H and O–H groups in total. The summed E-state index contributed by atoms with van der Waals surface area (Å²) in [7, 11) is 0. The second kappa shape index (κ2) is 14.4. The highest BCUT2D eigenvalue weighted by molar-refractivity contribution is 14.0. The summed E-state index contributed by atoms with van der Waals surface area (Å²) in [4.78, 5) is 4.45. The van der Waals surface area contributed by atoms with Crippen LogP contribution >= 0.6 is 24.0 Å². The van der Waals surface area contributed by atoms with Crippen LogP contribution in [0, 0.1) is 11.6 Å². The summed E-state index contributed by atoms with van der Waals surface area (Å²) in [6.45, 7) is 7.41. The van der Waals surface area contributed by atoms with Crippen molar-refractivity contribution in [3.63, 3.8) is 0 Å². The van der Waals surface area contributed by atoms with Gasteiger partial charge in [-0.3, -0.25) is 4.99 Å². The lowest BCUT2D eigenvalue weighted by atomic mass is 10.1. The summed E-state index contributed by atoms with van der Waals surface area (Å²) in [5.74, 6) is -0.108. The summed E-state index contributed by atoms with van der Waals surface area (Å²) in [6.07, 6.45) is 2.33. The molecule has 0 bridgehead atoms. The van der Waals surface area contributed by atoms with Gasteiger partial charge in [0.15, 0.2) is 5.96 Å². The van der Waals surface area contributed by atoms with Crippen molar-refractivity contribution in [2.75, 3.05) is 32.8 Å². The van der Waals surface area contributed by atoms with Gasteiger partial charge in [-0.05, 0) is 56.9 Å². The molecule has 0 aliphatic carbocycles. The minimum Gasteiger partial charge on any atom is -0.382 e. The van der Waals surface area contributed by atoms with E-state index in [2.05, 4.69) is 15.6 Å². The lowest BCUT2D eigenvalue weighted by Crippen LogP contribution is -2.38. The zero-order chi connectivity index (χ0) is 16.9. The normalized spacial score (nSPS) is 11.1. The van der Waals surface area contributed by atoms with Gasteiger partial charge in [0.1, 0.15) is 11.6 Å². The molecular formula is C17H28F2IN3O. The fourth-order valence-corrected chi connectivity index (χ4v) is 2.04. The first kappa shape index (κ1) is 23.0. The van der Waals surface area contributed by atoms with Crippen LogP contribution in [0.15, 0.2) is 23.2 Å². The molecule has 0 saturated heterocycles. The number of hydrogen-bond donors (Lipinski definition) is 2. The molecule has 0 radical (unpaired) electrons. The Morgan fingerprint density at radius 3 is 2.67 bits per heavy atom. The van der Waals surface area contributed by atoms with Gasteiger partial charge in [-0.2, -0.15) is 0 Å². The number of hydrogen-bond acceptors (Lipinski definition) is 2. The summed E-state index contributed by atoms with van der Waals surface area (Å²) in [5, 5.41) is 6.27. The van der Waals surface area contributed by atoms with E-state index in [0.29, 0.717) is 31.0 Å². The number of halogens is 3. The average molecular weight is 455 g/mol. The van der Waals surface area contributed by atoms with E-state index in [-0.39, 0.29) is 29.8 Å². The van der Waals surface area contributed by atoms with Crippen LogP contribution in [0.25, 0.3) is 0 Å². The fourth-order valence-electron chi connectivity index (χ4n) is 2.04. The van der Waals surface area contributed by atoms with E-state index in [0.717, 1.165) is 44.7 Å². The highest BCUT2D eigenvalue weighted by Crippen LogP contribution is 2.09. The molecule has 0 aliphatic heterocycles. The van der Waals surface area contributed by atoms with E-state index in [1.807, 2.05) is 13.8 Å². The van der Waals surface area contributed by atoms with Crippen LogP contribution in [0.5, 0.6) is 0 Å². The lowest BCUT2D eigenvalue weighted by Gasteiger charge is -2.11. The molecule has 0 heterocycles. The third kappa shape index (κ3) is 10.0. The molecule has 4 nitrogen and oxygen atoms in total. The summed E-state index contributed by atoms with van der Waals surface area (Å²) in [5.41, 5.74) is 0.366. The average Bonchev–Trinajstić information content (AvgIpc) is 2.54. The van der Waals surface area contributed by atoms with Crippen molar-refractivity contribution in [3.05, 3.63) is 35.4 Å². The molecule has 0 spiro atoms. The van der Waals surface area contributed by atoms with Crippen LogP contribution in [-0.2, 0) is 11.2 Å². The lowest BCUT2D eigenvalue weighted by molar-refractivity contribution is 0.144. The first-order valence-electron chi connectivity index (χ1n) is 8.21. The molecule has 138 valence electrons. The SMILES string of the molecule is CCNC(=NCCCCOCC)NCCc1cc(F)ccc1F.I. The third-order valence-corrected chi connectivity index (χ3v) is 3.21. The maximum absolute atomic E-state index is 13.5. The van der Waals surface area contributed by atoms with Crippen LogP contribution in [0.3, 0.4) is 0 Å². The number of ether oxygens (including phenoxy) is 1. The smallest absolute Gasteiger partial charge is 0.191 e. The van der Waals surface area contributed by atoms with E-state index < -0.39 is 5.82 Å². The molecule has 7 heteroatoms. The van der Waals surface area contributed by atoms with Crippen molar-refractivity contribution in [2.24, 2.45) is 4.99 Å². The molecule has 0 fully saturated rings. The Labute approximate surface area is 160 Å². The summed E-state index contributed by atoms with van der Waals surface area (Å²) in [6, 6.07) is 3.51. The Bertz CT molecular complexity index is 487. The standard InChI is InChI=1S/C17H27F2N3O.HI/c1-3-20-17(21-10-5-6-12-23-4-2)22-11-9-14-13-15(18)7-8-16(14)19;/h7-8,13H,3-6,9-12H2,1-2H3,(H2,20,21,22);1H. The highest BCUT2D eigenvalue weighted by Gasteiger charge is 2.04. The van der Waals surface area contributed by atoms with Gasteiger partial charge >= 0.3 is 0 Å².